The molecule has 1 N–H and O–H groups in total. The van der Waals surface area contributed by atoms with Gasteiger partial charge in [-0.15, -0.1) is 11.3 Å². The maximum Gasteiger partial charge on any atom is 0.248 e. The van der Waals surface area contributed by atoms with Gasteiger partial charge in [0.25, 0.3) is 0 Å². The Hall–Kier alpha value is -3.67. The molecule has 0 aliphatic rings. The number of thiazole rings is 1. The van der Waals surface area contributed by atoms with Crippen molar-refractivity contribution in [3.05, 3.63) is 101 Å². The molecule has 5 rings (SSSR count). The zero-order valence-corrected chi connectivity index (χ0v) is 20.2. The van der Waals surface area contributed by atoms with E-state index in [0.717, 1.165) is 43.2 Å². The first-order valence-electron chi connectivity index (χ1n) is 10.8. The van der Waals surface area contributed by atoms with Gasteiger partial charge in [0.15, 0.2) is 0 Å². The molecule has 0 radical (unpaired) electrons. The number of hydrogen-bond donors (Lipinski definition) is 1. The van der Waals surface area contributed by atoms with E-state index < -0.39 is 0 Å². The number of halogens is 1. The van der Waals surface area contributed by atoms with Crippen LogP contribution in [0.5, 0.6) is 0 Å². The predicted molar refractivity (Wildman–Crippen MR) is 141 cm³/mol. The number of benzene rings is 3. The van der Waals surface area contributed by atoms with Crippen LogP contribution in [0, 0.1) is 13.8 Å². The first-order chi connectivity index (χ1) is 16.5. The summed E-state index contributed by atoms with van der Waals surface area (Å²) >= 11 is 7.86. The number of nitrogens with one attached hydrogen (secondary N) is 1. The number of aromatic nitrogens is 1. The summed E-state index contributed by atoms with van der Waals surface area (Å²) in [5.74, 6) is 1.05. The van der Waals surface area contributed by atoms with Crippen LogP contribution in [0.15, 0.2) is 83.3 Å². The van der Waals surface area contributed by atoms with E-state index in [4.69, 9.17) is 21.0 Å². The van der Waals surface area contributed by atoms with Crippen molar-refractivity contribution < 1.29 is 9.21 Å². The molecule has 4 nitrogen and oxygen atoms in total. The summed E-state index contributed by atoms with van der Waals surface area (Å²) in [6.45, 7) is 3.92. The summed E-state index contributed by atoms with van der Waals surface area (Å²) < 4.78 is 7.00. The van der Waals surface area contributed by atoms with Crippen LogP contribution in [0.25, 0.3) is 38.2 Å². The number of amides is 1. The van der Waals surface area contributed by atoms with Gasteiger partial charge in [-0.2, -0.15) is 0 Å². The highest BCUT2D eigenvalue weighted by molar-refractivity contribution is 7.21. The molecule has 168 valence electrons. The molecule has 6 heteroatoms. The third-order valence-electron chi connectivity index (χ3n) is 5.52. The van der Waals surface area contributed by atoms with E-state index in [1.54, 1.807) is 17.4 Å². The van der Waals surface area contributed by atoms with E-state index in [0.29, 0.717) is 16.5 Å². The van der Waals surface area contributed by atoms with Crippen LogP contribution in [0.1, 0.15) is 16.9 Å². The summed E-state index contributed by atoms with van der Waals surface area (Å²) in [5.41, 5.74) is 5.57. The predicted octanol–water partition coefficient (Wildman–Crippen LogP) is 8.15. The minimum absolute atomic E-state index is 0.235. The number of fused-ring (bicyclic) bond motifs is 1. The molecule has 34 heavy (non-hydrogen) atoms. The van der Waals surface area contributed by atoms with E-state index in [1.165, 1.54) is 6.08 Å². The summed E-state index contributed by atoms with van der Waals surface area (Å²) in [6, 6.07) is 23.5. The van der Waals surface area contributed by atoms with Crippen LogP contribution in [-0.2, 0) is 4.79 Å². The maximum atomic E-state index is 12.6. The molecule has 0 spiro atoms. The Morgan fingerprint density at radius 1 is 0.971 bits per heavy atom. The zero-order chi connectivity index (χ0) is 23.7. The van der Waals surface area contributed by atoms with Gasteiger partial charge in [-0.3, -0.25) is 4.79 Å². The molecule has 0 fully saturated rings. The Labute approximate surface area is 206 Å². The minimum atomic E-state index is -0.235. The number of para-hydroxylation sites is 1. The summed E-state index contributed by atoms with van der Waals surface area (Å²) in [4.78, 5) is 17.3. The fourth-order valence-corrected chi connectivity index (χ4v) is 4.70. The van der Waals surface area contributed by atoms with Gasteiger partial charge < -0.3 is 9.73 Å². The highest BCUT2D eigenvalue weighted by Gasteiger charge is 2.10. The molecule has 2 aromatic heterocycles. The van der Waals surface area contributed by atoms with Crippen molar-refractivity contribution >= 4 is 50.8 Å². The standard InChI is InChI=1S/C28H21ClN2O2S/c1-17-7-9-19(15-22(17)29)25-13-11-21(33-25)12-14-27(32)30-24-16-20(10-8-18(24)2)28-31-23-5-3-4-6-26(23)34-28/h3-16H,1-2H3,(H,30,32)/b14-12+. The molecule has 3 aromatic carbocycles. The van der Waals surface area contributed by atoms with Crippen molar-refractivity contribution in [2.45, 2.75) is 13.8 Å². The molecule has 0 saturated carbocycles. The number of carbonyl (C=O) groups is 1. The lowest BCUT2D eigenvalue weighted by Crippen LogP contribution is -2.09. The van der Waals surface area contributed by atoms with Crippen LogP contribution in [-0.4, -0.2) is 10.9 Å². The lowest BCUT2D eigenvalue weighted by atomic mass is 10.1. The van der Waals surface area contributed by atoms with Crippen LogP contribution in [0.2, 0.25) is 5.02 Å². The first kappa shape index (κ1) is 22.1. The molecule has 0 atom stereocenters. The van der Waals surface area contributed by atoms with Crippen LogP contribution < -0.4 is 5.32 Å². The van der Waals surface area contributed by atoms with E-state index in [9.17, 15) is 4.79 Å². The van der Waals surface area contributed by atoms with Crippen LogP contribution in [0.3, 0.4) is 0 Å². The summed E-state index contributed by atoms with van der Waals surface area (Å²) in [7, 11) is 0. The van der Waals surface area contributed by atoms with Crippen molar-refractivity contribution in [3.8, 4) is 21.9 Å². The third-order valence-corrected chi connectivity index (χ3v) is 7.01. The highest BCUT2D eigenvalue weighted by Crippen LogP contribution is 2.32. The van der Waals surface area contributed by atoms with E-state index in [-0.39, 0.29) is 5.91 Å². The van der Waals surface area contributed by atoms with Gasteiger partial charge in [0.2, 0.25) is 5.91 Å². The monoisotopic (exact) mass is 484 g/mol. The Morgan fingerprint density at radius 2 is 1.76 bits per heavy atom. The Bertz CT molecular complexity index is 1510. The molecule has 0 saturated heterocycles. The molecular weight excluding hydrogens is 464 g/mol. The fraction of sp³-hybridized carbons (Fsp3) is 0.0714. The molecule has 2 heterocycles. The second kappa shape index (κ2) is 9.29. The van der Waals surface area contributed by atoms with E-state index in [1.807, 2.05) is 80.6 Å². The molecule has 5 aromatic rings. The number of carbonyl (C=O) groups excluding carboxylic acids is 1. The van der Waals surface area contributed by atoms with Crippen molar-refractivity contribution in [1.82, 2.24) is 4.98 Å². The fourth-order valence-electron chi connectivity index (χ4n) is 3.56. The average molecular weight is 485 g/mol. The van der Waals surface area contributed by atoms with Crippen molar-refractivity contribution in [2.24, 2.45) is 0 Å². The molecule has 0 bridgehead atoms. The van der Waals surface area contributed by atoms with Crippen LogP contribution in [0.4, 0.5) is 5.69 Å². The largest absolute Gasteiger partial charge is 0.457 e. The number of nitrogens with zero attached hydrogens (tertiary/aromatic N) is 1. The summed E-state index contributed by atoms with van der Waals surface area (Å²) in [6.07, 6.45) is 3.12. The molecular formula is C28H21ClN2O2S. The summed E-state index contributed by atoms with van der Waals surface area (Å²) in [5, 5.41) is 4.58. The smallest absolute Gasteiger partial charge is 0.248 e. The average Bonchev–Trinajstić information content (AvgIpc) is 3.48. The highest BCUT2D eigenvalue weighted by atomic mass is 35.5. The van der Waals surface area contributed by atoms with Gasteiger partial charge in [0, 0.05) is 27.9 Å². The Kier molecular flexibility index (Phi) is 6.05. The maximum absolute atomic E-state index is 12.6. The topological polar surface area (TPSA) is 55.1 Å². The number of rotatable bonds is 5. The second-order valence-corrected chi connectivity index (χ2v) is 9.44. The zero-order valence-electron chi connectivity index (χ0n) is 18.6. The normalized spacial score (nSPS) is 11.4. The number of hydrogen-bond acceptors (Lipinski definition) is 4. The van der Waals surface area contributed by atoms with Gasteiger partial charge in [0.1, 0.15) is 16.5 Å². The van der Waals surface area contributed by atoms with Crippen LogP contribution >= 0.6 is 22.9 Å². The molecule has 1 amide bonds. The number of aryl methyl sites for hydroxylation is 2. The van der Waals surface area contributed by atoms with Crippen molar-refractivity contribution in [2.75, 3.05) is 5.32 Å². The van der Waals surface area contributed by atoms with E-state index in [2.05, 4.69) is 11.4 Å². The molecule has 0 aliphatic carbocycles. The SMILES string of the molecule is Cc1ccc(-c2ccc(/C=C/C(=O)Nc3cc(-c4nc5ccccc5s4)ccc3C)o2)cc1Cl. The minimum Gasteiger partial charge on any atom is -0.457 e. The van der Waals surface area contributed by atoms with Gasteiger partial charge in [-0.05, 0) is 67.4 Å². The Morgan fingerprint density at radius 3 is 2.59 bits per heavy atom. The lowest BCUT2D eigenvalue weighted by molar-refractivity contribution is -0.111. The number of furan rings is 1. The number of anilines is 1. The third kappa shape index (κ3) is 4.67. The molecule has 0 unspecified atom stereocenters. The van der Waals surface area contributed by atoms with Gasteiger partial charge in [-0.1, -0.05) is 48.0 Å². The van der Waals surface area contributed by atoms with Crippen molar-refractivity contribution in [1.29, 1.82) is 0 Å². The van der Waals surface area contributed by atoms with Gasteiger partial charge in [-0.25, -0.2) is 4.98 Å². The first-order valence-corrected chi connectivity index (χ1v) is 12.0. The quantitative estimate of drug-likeness (QED) is 0.256. The van der Waals surface area contributed by atoms with E-state index >= 15 is 0 Å². The van der Waals surface area contributed by atoms with Crippen molar-refractivity contribution in [3.63, 3.8) is 0 Å². The molecule has 0 aliphatic heterocycles. The van der Waals surface area contributed by atoms with Gasteiger partial charge >= 0.3 is 0 Å². The van der Waals surface area contributed by atoms with Gasteiger partial charge in [0.05, 0.1) is 10.2 Å². The lowest BCUT2D eigenvalue weighted by Gasteiger charge is -2.08. The second-order valence-electron chi connectivity index (χ2n) is 8.01. The Balaban J connectivity index is 1.31.